The van der Waals surface area contributed by atoms with Gasteiger partial charge in [-0.15, -0.1) is 0 Å². The number of aryl methyl sites for hydroxylation is 2. The van der Waals surface area contributed by atoms with Crippen molar-refractivity contribution in [3.05, 3.63) is 59.4 Å². The van der Waals surface area contributed by atoms with E-state index >= 15 is 0 Å². The Morgan fingerprint density at radius 2 is 2.00 bits per heavy atom. The summed E-state index contributed by atoms with van der Waals surface area (Å²) in [4.78, 5) is 16.6. The first-order valence-corrected chi connectivity index (χ1v) is 12.9. The van der Waals surface area contributed by atoms with E-state index in [1.807, 2.05) is 25.1 Å². The normalized spacial score (nSPS) is 18.2. The standard InChI is InChI=1S/C20H24N2O6S2/c1-15-5-2-7-17(21-15)8-4-11-28-20(23)16-6-3-9-19(13-16)30(26,27)22-18-10-12-29(24,25)14-18/h2-3,5-7,9,13,18,22H,4,8,10-12,14H2,1H3/t18-/m0/s1. The molecule has 1 aromatic heterocycles. The molecule has 0 saturated carbocycles. The molecule has 0 bridgehead atoms. The van der Waals surface area contributed by atoms with Gasteiger partial charge in [0.2, 0.25) is 10.0 Å². The number of rotatable bonds is 8. The lowest BCUT2D eigenvalue weighted by Gasteiger charge is -2.12. The van der Waals surface area contributed by atoms with Crippen LogP contribution < -0.4 is 4.72 Å². The number of hydrogen-bond acceptors (Lipinski definition) is 7. The minimum atomic E-state index is -3.95. The molecule has 0 radical (unpaired) electrons. The molecule has 0 amide bonds. The third-order valence-electron chi connectivity index (χ3n) is 4.69. The second-order valence-corrected chi connectivity index (χ2v) is 11.2. The topological polar surface area (TPSA) is 119 Å². The molecule has 0 spiro atoms. The van der Waals surface area contributed by atoms with Crippen LogP contribution in [0.1, 0.15) is 34.6 Å². The minimum absolute atomic E-state index is 0.0371. The lowest BCUT2D eigenvalue weighted by molar-refractivity contribution is 0.0500. The molecule has 1 aliphatic rings. The summed E-state index contributed by atoms with van der Waals surface area (Å²) in [6, 6.07) is 10.6. The molecule has 2 heterocycles. The van der Waals surface area contributed by atoms with Crippen molar-refractivity contribution in [1.82, 2.24) is 9.71 Å². The van der Waals surface area contributed by atoms with Crippen LogP contribution in [0.5, 0.6) is 0 Å². The summed E-state index contributed by atoms with van der Waals surface area (Å²) in [5, 5.41) is 0. The van der Waals surface area contributed by atoms with E-state index in [0.717, 1.165) is 11.4 Å². The van der Waals surface area contributed by atoms with Gasteiger partial charge in [-0.3, -0.25) is 4.98 Å². The van der Waals surface area contributed by atoms with Crippen LogP contribution in [0.3, 0.4) is 0 Å². The van der Waals surface area contributed by atoms with Crippen LogP contribution in [0.4, 0.5) is 0 Å². The van der Waals surface area contributed by atoms with Crippen molar-refractivity contribution >= 4 is 25.8 Å². The van der Waals surface area contributed by atoms with Gasteiger partial charge in [-0.1, -0.05) is 12.1 Å². The number of pyridine rings is 1. The molecule has 3 rings (SSSR count). The summed E-state index contributed by atoms with van der Waals surface area (Å²) >= 11 is 0. The van der Waals surface area contributed by atoms with Gasteiger partial charge in [-0.05, 0) is 56.5 Å². The van der Waals surface area contributed by atoms with Crippen LogP contribution >= 0.6 is 0 Å². The number of esters is 1. The fourth-order valence-corrected chi connectivity index (χ4v) is 6.30. The van der Waals surface area contributed by atoms with Crippen LogP contribution in [0.2, 0.25) is 0 Å². The number of sulfonamides is 1. The molecular weight excluding hydrogens is 428 g/mol. The Morgan fingerprint density at radius 1 is 1.23 bits per heavy atom. The highest BCUT2D eigenvalue weighted by Crippen LogP contribution is 2.17. The average molecular weight is 453 g/mol. The molecule has 1 aromatic carbocycles. The van der Waals surface area contributed by atoms with Gasteiger partial charge in [0.1, 0.15) is 0 Å². The molecule has 0 aliphatic carbocycles. The molecule has 162 valence electrons. The van der Waals surface area contributed by atoms with Gasteiger partial charge in [-0.25, -0.2) is 26.4 Å². The van der Waals surface area contributed by atoms with E-state index in [0.29, 0.717) is 12.8 Å². The largest absolute Gasteiger partial charge is 0.462 e. The van der Waals surface area contributed by atoms with Gasteiger partial charge in [0, 0.05) is 17.4 Å². The fourth-order valence-electron chi connectivity index (χ4n) is 3.21. The lowest BCUT2D eigenvalue weighted by Crippen LogP contribution is -2.35. The number of carbonyl (C=O) groups excluding carboxylic acids is 1. The van der Waals surface area contributed by atoms with Crippen LogP contribution in [0.25, 0.3) is 0 Å². The zero-order valence-electron chi connectivity index (χ0n) is 16.6. The van der Waals surface area contributed by atoms with Gasteiger partial charge >= 0.3 is 5.97 Å². The third-order valence-corrected chi connectivity index (χ3v) is 7.98. The van der Waals surface area contributed by atoms with E-state index < -0.39 is 31.9 Å². The van der Waals surface area contributed by atoms with E-state index in [9.17, 15) is 21.6 Å². The van der Waals surface area contributed by atoms with Gasteiger partial charge in [0.15, 0.2) is 9.84 Å². The number of nitrogens with zero attached hydrogens (tertiary/aromatic N) is 1. The van der Waals surface area contributed by atoms with Crippen molar-refractivity contribution in [2.75, 3.05) is 18.1 Å². The van der Waals surface area contributed by atoms with Gasteiger partial charge < -0.3 is 4.74 Å². The summed E-state index contributed by atoms with van der Waals surface area (Å²) in [6.45, 7) is 2.09. The van der Waals surface area contributed by atoms with Gasteiger partial charge in [-0.2, -0.15) is 0 Å². The van der Waals surface area contributed by atoms with Crippen molar-refractivity contribution in [1.29, 1.82) is 0 Å². The number of hydrogen-bond donors (Lipinski definition) is 1. The monoisotopic (exact) mass is 452 g/mol. The highest BCUT2D eigenvalue weighted by atomic mass is 32.2. The van der Waals surface area contributed by atoms with Crippen LogP contribution in [-0.4, -0.2) is 51.9 Å². The maximum atomic E-state index is 12.6. The number of ether oxygens (including phenoxy) is 1. The second-order valence-electron chi connectivity index (χ2n) is 7.26. The molecule has 1 atom stereocenters. The Balaban J connectivity index is 1.56. The van der Waals surface area contributed by atoms with E-state index in [2.05, 4.69) is 9.71 Å². The molecule has 30 heavy (non-hydrogen) atoms. The molecular formula is C20H24N2O6S2. The first-order valence-electron chi connectivity index (χ1n) is 9.57. The Morgan fingerprint density at radius 3 is 2.70 bits per heavy atom. The lowest BCUT2D eigenvalue weighted by atomic mass is 10.2. The summed E-state index contributed by atoms with van der Waals surface area (Å²) in [5.74, 6) is -0.873. The van der Waals surface area contributed by atoms with Crippen LogP contribution in [0, 0.1) is 6.92 Å². The Bertz CT molecular complexity index is 1130. The van der Waals surface area contributed by atoms with E-state index in [1.54, 1.807) is 0 Å². The molecule has 8 nitrogen and oxygen atoms in total. The summed E-state index contributed by atoms with van der Waals surface area (Å²) in [5.41, 5.74) is 1.95. The van der Waals surface area contributed by atoms with Crippen molar-refractivity contribution in [3.63, 3.8) is 0 Å². The van der Waals surface area contributed by atoms with Crippen molar-refractivity contribution in [3.8, 4) is 0 Å². The number of benzene rings is 1. The fraction of sp³-hybridized carbons (Fsp3) is 0.400. The second kappa shape index (κ2) is 9.23. The quantitative estimate of drug-likeness (QED) is 0.478. The Labute approximate surface area is 176 Å². The zero-order valence-corrected chi connectivity index (χ0v) is 18.2. The third kappa shape index (κ3) is 6.10. The van der Waals surface area contributed by atoms with E-state index in [1.165, 1.54) is 24.3 Å². The van der Waals surface area contributed by atoms with Crippen LogP contribution in [-0.2, 0) is 31.0 Å². The smallest absolute Gasteiger partial charge is 0.338 e. The molecule has 1 saturated heterocycles. The Hall–Kier alpha value is -2.30. The molecule has 2 aromatic rings. The highest BCUT2D eigenvalue weighted by Gasteiger charge is 2.31. The minimum Gasteiger partial charge on any atom is -0.462 e. The van der Waals surface area contributed by atoms with Crippen molar-refractivity contribution in [2.24, 2.45) is 0 Å². The highest BCUT2D eigenvalue weighted by molar-refractivity contribution is 7.92. The molecule has 1 aliphatic heterocycles. The molecule has 1 fully saturated rings. The SMILES string of the molecule is Cc1cccc(CCCOC(=O)c2cccc(S(=O)(=O)N[C@H]3CCS(=O)(=O)C3)c2)n1. The molecule has 10 heteroatoms. The molecule has 1 N–H and O–H groups in total. The number of carbonyl (C=O) groups is 1. The Kier molecular flexibility index (Phi) is 6.89. The number of aromatic nitrogens is 1. The number of sulfone groups is 1. The number of nitrogens with one attached hydrogen (secondary N) is 1. The van der Waals surface area contributed by atoms with Crippen molar-refractivity contribution < 1.29 is 26.4 Å². The van der Waals surface area contributed by atoms with Crippen molar-refractivity contribution in [2.45, 2.75) is 37.1 Å². The first-order chi connectivity index (χ1) is 14.1. The van der Waals surface area contributed by atoms with E-state index in [-0.39, 0.29) is 35.0 Å². The zero-order chi connectivity index (χ0) is 21.8. The van der Waals surface area contributed by atoms with E-state index in [4.69, 9.17) is 4.74 Å². The predicted octanol–water partition coefficient (Wildman–Crippen LogP) is 1.65. The summed E-state index contributed by atoms with van der Waals surface area (Å²) < 4.78 is 55.8. The summed E-state index contributed by atoms with van der Waals surface area (Å²) in [7, 11) is -7.16. The van der Waals surface area contributed by atoms with Gasteiger partial charge in [0.05, 0.1) is 28.6 Å². The molecule has 0 unspecified atom stereocenters. The summed E-state index contributed by atoms with van der Waals surface area (Å²) in [6.07, 6.45) is 1.49. The van der Waals surface area contributed by atoms with Gasteiger partial charge in [0.25, 0.3) is 0 Å². The maximum absolute atomic E-state index is 12.6. The predicted molar refractivity (Wildman–Crippen MR) is 111 cm³/mol. The average Bonchev–Trinajstić information content (AvgIpc) is 3.03. The maximum Gasteiger partial charge on any atom is 0.338 e. The first kappa shape index (κ1) is 22.4. The van der Waals surface area contributed by atoms with Crippen LogP contribution in [0.15, 0.2) is 47.4 Å².